The Kier molecular flexibility index (Phi) is 6.58. The lowest BCUT2D eigenvalue weighted by molar-refractivity contribution is -0.125. The molecule has 0 aromatic heterocycles. The lowest BCUT2D eigenvalue weighted by Gasteiger charge is -2.15. The van der Waals surface area contributed by atoms with Gasteiger partial charge in [-0.3, -0.25) is 4.79 Å². The molecule has 0 aliphatic rings. The normalized spacial score (nSPS) is 13.4. The van der Waals surface area contributed by atoms with Crippen molar-refractivity contribution in [1.82, 2.24) is 5.32 Å². The largest absolute Gasteiger partial charge is 0.355 e. The van der Waals surface area contributed by atoms with Crippen molar-refractivity contribution in [1.29, 1.82) is 5.26 Å². The van der Waals surface area contributed by atoms with Crippen LogP contribution in [0.2, 0.25) is 0 Å². The molecule has 0 radical (unpaired) electrons. The minimum atomic E-state index is -0.146. The average molecular weight is 323 g/mol. The van der Waals surface area contributed by atoms with Gasteiger partial charge in [-0.25, -0.2) is 0 Å². The molecule has 1 aromatic carbocycles. The highest BCUT2D eigenvalue weighted by molar-refractivity contribution is 9.10. The summed E-state index contributed by atoms with van der Waals surface area (Å²) in [5, 5.41) is 11.5. The van der Waals surface area contributed by atoms with Crippen molar-refractivity contribution in [2.75, 3.05) is 6.54 Å². The molecule has 19 heavy (non-hydrogen) atoms. The molecule has 3 nitrogen and oxygen atoms in total. The van der Waals surface area contributed by atoms with Gasteiger partial charge in [0.2, 0.25) is 5.91 Å². The Labute approximate surface area is 123 Å². The fourth-order valence-corrected chi connectivity index (χ4v) is 2.26. The highest BCUT2D eigenvalue weighted by Gasteiger charge is 2.17. The monoisotopic (exact) mass is 322 g/mol. The number of nitriles is 1. The van der Waals surface area contributed by atoms with Crippen LogP contribution in [-0.4, -0.2) is 12.5 Å². The summed E-state index contributed by atoms with van der Waals surface area (Å²) >= 11 is 3.43. The molecule has 0 spiro atoms. The summed E-state index contributed by atoms with van der Waals surface area (Å²) in [4.78, 5) is 12.1. The van der Waals surface area contributed by atoms with Crippen LogP contribution in [0.3, 0.4) is 0 Å². The van der Waals surface area contributed by atoms with Gasteiger partial charge in [0.05, 0.1) is 12.0 Å². The van der Waals surface area contributed by atoms with E-state index in [-0.39, 0.29) is 17.7 Å². The van der Waals surface area contributed by atoms with Gasteiger partial charge in [0, 0.05) is 16.9 Å². The minimum absolute atomic E-state index is 0.0320. The Morgan fingerprint density at radius 2 is 2.26 bits per heavy atom. The van der Waals surface area contributed by atoms with Crippen LogP contribution in [-0.2, 0) is 11.2 Å². The number of halogens is 1. The molecule has 0 heterocycles. The first-order chi connectivity index (χ1) is 9.06. The lowest BCUT2D eigenvalue weighted by Crippen LogP contribution is -2.34. The maximum Gasteiger partial charge on any atom is 0.223 e. The number of carbonyl (C=O) groups is 1. The smallest absolute Gasteiger partial charge is 0.223 e. The van der Waals surface area contributed by atoms with Crippen molar-refractivity contribution in [2.24, 2.45) is 11.8 Å². The zero-order valence-corrected chi connectivity index (χ0v) is 12.9. The Morgan fingerprint density at radius 1 is 1.53 bits per heavy atom. The summed E-state index contributed by atoms with van der Waals surface area (Å²) in [6, 6.07) is 10.1. The number of rotatable bonds is 6. The molecule has 1 rings (SSSR count). The van der Waals surface area contributed by atoms with Gasteiger partial charge in [-0.2, -0.15) is 5.26 Å². The van der Waals surface area contributed by atoms with Gasteiger partial charge in [0.1, 0.15) is 0 Å². The van der Waals surface area contributed by atoms with Crippen LogP contribution >= 0.6 is 15.9 Å². The number of carbonyl (C=O) groups excluding carboxylic acids is 1. The van der Waals surface area contributed by atoms with E-state index in [1.54, 1.807) is 6.92 Å². The lowest BCUT2D eigenvalue weighted by atomic mass is 9.96. The summed E-state index contributed by atoms with van der Waals surface area (Å²) in [5.74, 6) is -0.155. The molecule has 0 aliphatic heterocycles. The van der Waals surface area contributed by atoms with E-state index in [9.17, 15) is 4.79 Å². The van der Waals surface area contributed by atoms with Crippen LogP contribution in [0.25, 0.3) is 0 Å². The van der Waals surface area contributed by atoms with Gasteiger partial charge in [0.15, 0.2) is 0 Å². The van der Waals surface area contributed by atoms with Crippen molar-refractivity contribution in [3.05, 3.63) is 34.3 Å². The number of hydrogen-bond acceptors (Lipinski definition) is 2. The standard InChI is InChI=1S/C15H19BrN2O/c1-3-13(15(19)18-10-11(2)9-17)7-12-5-4-6-14(16)8-12/h4-6,8,11,13H,3,7,10H2,1-2H3,(H,18,19)/t11-,13+/m1/s1. The summed E-state index contributed by atoms with van der Waals surface area (Å²) < 4.78 is 1.03. The first-order valence-corrected chi connectivity index (χ1v) is 7.27. The van der Waals surface area contributed by atoms with E-state index in [0.29, 0.717) is 6.54 Å². The first-order valence-electron chi connectivity index (χ1n) is 6.48. The van der Waals surface area contributed by atoms with E-state index in [1.807, 2.05) is 31.2 Å². The van der Waals surface area contributed by atoms with E-state index in [0.717, 1.165) is 22.9 Å². The SMILES string of the molecule is CC[C@@H](Cc1cccc(Br)c1)C(=O)NC[C@H](C)C#N. The highest BCUT2D eigenvalue weighted by Crippen LogP contribution is 2.17. The van der Waals surface area contributed by atoms with Crippen molar-refractivity contribution in [3.63, 3.8) is 0 Å². The molecule has 0 bridgehead atoms. The topological polar surface area (TPSA) is 52.9 Å². The molecule has 4 heteroatoms. The molecule has 1 aromatic rings. The fraction of sp³-hybridized carbons (Fsp3) is 0.467. The Morgan fingerprint density at radius 3 is 2.84 bits per heavy atom. The summed E-state index contributed by atoms with van der Waals surface area (Å²) in [6.07, 6.45) is 1.52. The third-order valence-corrected chi connectivity index (χ3v) is 3.53. The quantitative estimate of drug-likeness (QED) is 0.873. The van der Waals surface area contributed by atoms with Crippen LogP contribution in [0.1, 0.15) is 25.8 Å². The van der Waals surface area contributed by atoms with Crippen LogP contribution < -0.4 is 5.32 Å². The van der Waals surface area contributed by atoms with Crippen LogP contribution in [0.4, 0.5) is 0 Å². The van der Waals surface area contributed by atoms with Gasteiger partial charge < -0.3 is 5.32 Å². The summed E-state index contributed by atoms with van der Waals surface area (Å²) in [7, 11) is 0. The van der Waals surface area contributed by atoms with Crippen LogP contribution in [0, 0.1) is 23.2 Å². The number of benzene rings is 1. The third kappa shape index (κ3) is 5.44. The zero-order valence-electron chi connectivity index (χ0n) is 11.3. The summed E-state index contributed by atoms with van der Waals surface area (Å²) in [5.41, 5.74) is 1.14. The predicted octanol–water partition coefficient (Wildman–Crippen LogP) is 3.29. The van der Waals surface area contributed by atoms with Crippen molar-refractivity contribution >= 4 is 21.8 Å². The predicted molar refractivity (Wildman–Crippen MR) is 79.4 cm³/mol. The molecule has 1 amide bonds. The highest BCUT2D eigenvalue weighted by atomic mass is 79.9. The molecule has 0 saturated carbocycles. The second kappa shape index (κ2) is 7.96. The first kappa shape index (κ1) is 15.7. The number of amides is 1. The fourth-order valence-electron chi connectivity index (χ4n) is 1.81. The Bertz CT molecular complexity index is 467. The molecule has 0 saturated heterocycles. The average Bonchev–Trinajstić information content (AvgIpc) is 2.41. The minimum Gasteiger partial charge on any atom is -0.355 e. The maximum atomic E-state index is 12.1. The summed E-state index contributed by atoms with van der Waals surface area (Å²) in [6.45, 7) is 4.23. The van der Waals surface area contributed by atoms with Gasteiger partial charge in [0.25, 0.3) is 0 Å². The zero-order chi connectivity index (χ0) is 14.3. The second-order valence-electron chi connectivity index (χ2n) is 4.71. The van der Waals surface area contributed by atoms with E-state index in [2.05, 4.69) is 27.3 Å². The molecule has 0 fully saturated rings. The Balaban J connectivity index is 2.58. The Hall–Kier alpha value is -1.34. The van der Waals surface area contributed by atoms with Gasteiger partial charge in [-0.1, -0.05) is 35.0 Å². The maximum absolute atomic E-state index is 12.1. The molecule has 0 unspecified atom stereocenters. The van der Waals surface area contributed by atoms with Crippen molar-refractivity contribution < 1.29 is 4.79 Å². The molecule has 1 N–H and O–H groups in total. The van der Waals surface area contributed by atoms with Crippen molar-refractivity contribution in [2.45, 2.75) is 26.7 Å². The number of hydrogen-bond donors (Lipinski definition) is 1. The number of nitrogens with zero attached hydrogens (tertiary/aromatic N) is 1. The van der Waals surface area contributed by atoms with Crippen LogP contribution in [0.5, 0.6) is 0 Å². The van der Waals surface area contributed by atoms with E-state index in [1.165, 1.54) is 0 Å². The molecular weight excluding hydrogens is 304 g/mol. The molecule has 102 valence electrons. The van der Waals surface area contributed by atoms with Crippen molar-refractivity contribution in [3.8, 4) is 6.07 Å². The van der Waals surface area contributed by atoms with Gasteiger partial charge in [-0.05, 0) is 37.5 Å². The molecular formula is C15H19BrN2O. The molecule has 2 atom stereocenters. The van der Waals surface area contributed by atoms with E-state index < -0.39 is 0 Å². The van der Waals surface area contributed by atoms with Crippen LogP contribution in [0.15, 0.2) is 28.7 Å². The number of nitrogens with one attached hydrogen (secondary N) is 1. The third-order valence-electron chi connectivity index (χ3n) is 3.04. The van der Waals surface area contributed by atoms with E-state index >= 15 is 0 Å². The van der Waals surface area contributed by atoms with E-state index in [4.69, 9.17) is 5.26 Å². The van der Waals surface area contributed by atoms with Gasteiger partial charge in [-0.15, -0.1) is 0 Å². The second-order valence-corrected chi connectivity index (χ2v) is 5.63. The van der Waals surface area contributed by atoms with Gasteiger partial charge >= 0.3 is 0 Å². The molecule has 0 aliphatic carbocycles.